The minimum absolute atomic E-state index is 0.0680. The van der Waals surface area contributed by atoms with Gasteiger partial charge in [0.05, 0.1) is 20.8 Å². The number of ether oxygens (including phenoxy) is 3. The van der Waals surface area contributed by atoms with Crippen molar-refractivity contribution in [1.82, 2.24) is 10.2 Å². The Balaban J connectivity index is 1.96. The van der Waals surface area contributed by atoms with Gasteiger partial charge in [-0.15, -0.1) is 0 Å². The SMILES string of the molecule is COCCCNC(=O)CN1CCCC1c1ccc(OC)c(OC)c1. The number of nitrogens with one attached hydrogen (secondary N) is 1. The number of benzene rings is 1. The van der Waals surface area contributed by atoms with Crippen LogP contribution in [0.4, 0.5) is 0 Å². The van der Waals surface area contributed by atoms with Crippen LogP contribution < -0.4 is 14.8 Å². The van der Waals surface area contributed by atoms with E-state index in [2.05, 4.69) is 16.3 Å². The molecule has 0 saturated carbocycles. The molecule has 1 fully saturated rings. The molecule has 0 aliphatic carbocycles. The Bertz CT molecular complexity index is 536. The van der Waals surface area contributed by atoms with Crippen LogP contribution in [0.1, 0.15) is 30.9 Å². The van der Waals surface area contributed by atoms with E-state index in [9.17, 15) is 4.79 Å². The summed E-state index contributed by atoms with van der Waals surface area (Å²) in [7, 11) is 4.94. The van der Waals surface area contributed by atoms with Gasteiger partial charge >= 0.3 is 0 Å². The summed E-state index contributed by atoms with van der Waals surface area (Å²) >= 11 is 0. The Morgan fingerprint density at radius 3 is 2.75 bits per heavy atom. The lowest BCUT2D eigenvalue weighted by Gasteiger charge is -2.25. The summed E-state index contributed by atoms with van der Waals surface area (Å²) in [5.74, 6) is 1.52. The lowest BCUT2D eigenvalue weighted by molar-refractivity contribution is -0.122. The lowest BCUT2D eigenvalue weighted by Crippen LogP contribution is -2.37. The predicted octanol–water partition coefficient (Wildman–Crippen LogP) is 1.99. The molecule has 6 heteroatoms. The first kappa shape index (κ1) is 18.5. The van der Waals surface area contributed by atoms with Gasteiger partial charge < -0.3 is 19.5 Å². The molecule has 1 aromatic carbocycles. The fourth-order valence-corrected chi connectivity index (χ4v) is 3.14. The number of nitrogens with zero attached hydrogens (tertiary/aromatic N) is 1. The van der Waals surface area contributed by atoms with Gasteiger partial charge in [0, 0.05) is 26.3 Å². The highest BCUT2D eigenvalue weighted by molar-refractivity contribution is 5.78. The zero-order valence-electron chi connectivity index (χ0n) is 14.8. The van der Waals surface area contributed by atoms with Gasteiger partial charge in [0.2, 0.25) is 5.91 Å². The molecule has 0 spiro atoms. The molecule has 1 aliphatic heterocycles. The summed E-state index contributed by atoms with van der Waals surface area (Å²) in [5, 5.41) is 2.95. The minimum atomic E-state index is 0.0680. The molecule has 1 atom stereocenters. The van der Waals surface area contributed by atoms with Crippen LogP contribution in [0.5, 0.6) is 11.5 Å². The number of hydrogen-bond donors (Lipinski definition) is 1. The highest BCUT2D eigenvalue weighted by Gasteiger charge is 2.28. The molecule has 0 aromatic heterocycles. The van der Waals surface area contributed by atoms with Crippen LogP contribution in [0.15, 0.2) is 18.2 Å². The van der Waals surface area contributed by atoms with Gasteiger partial charge in [0.1, 0.15) is 0 Å². The van der Waals surface area contributed by atoms with Gasteiger partial charge in [-0.05, 0) is 43.5 Å². The summed E-state index contributed by atoms with van der Waals surface area (Å²) in [6.45, 7) is 2.68. The second-order valence-electron chi connectivity index (χ2n) is 5.94. The van der Waals surface area contributed by atoms with Crippen molar-refractivity contribution in [2.75, 3.05) is 47.6 Å². The largest absolute Gasteiger partial charge is 0.493 e. The number of rotatable bonds is 9. The zero-order chi connectivity index (χ0) is 17.4. The van der Waals surface area contributed by atoms with Crippen LogP contribution >= 0.6 is 0 Å². The molecular weight excluding hydrogens is 308 g/mol. The molecule has 1 aromatic rings. The molecule has 6 nitrogen and oxygen atoms in total. The number of carbonyl (C=O) groups is 1. The standard InChI is InChI=1S/C18H28N2O4/c1-22-11-5-9-19-18(21)13-20-10-4-6-15(20)14-7-8-16(23-2)17(12-14)24-3/h7-8,12,15H,4-6,9-11,13H2,1-3H3,(H,19,21). The molecule has 1 unspecified atom stereocenters. The maximum absolute atomic E-state index is 12.1. The van der Waals surface area contributed by atoms with Crippen LogP contribution in [0.3, 0.4) is 0 Å². The maximum Gasteiger partial charge on any atom is 0.234 e. The van der Waals surface area contributed by atoms with E-state index in [1.807, 2.05) is 12.1 Å². The molecule has 0 bridgehead atoms. The zero-order valence-corrected chi connectivity index (χ0v) is 14.8. The summed E-state index contributed by atoms with van der Waals surface area (Å²) in [6.07, 6.45) is 2.98. The normalized spacial score (nSPS) is 17.7. The van der Waals surface area contributed by atoms with Gasteiger partial charge in [0.25, 0.3) is 0 Å². The molecule has 24 heavy (non-hydrogen) atoms. The van der Waals surface area contributed by atoms with E-state index in [0.717, 1.165) is 42.9 Å². The van der Waals surface area contributed by atoms with E-state index in [1.54, 1.807) is 21.3 Å². The van der Waals surface area contributed by atoms with Gasteiger partial charge in [-0.1, -0.05) is 6.07 Å². The molecule has 134 valence electrons. The highest BCUT2D eigenvalue weighted by Crippen LogP contribution is 2.36. The lowest BCUT2D eigenvalue weighted by atomic mass is 10.0. The second-order valence-corrected chi connectivity index (χ2v) is 5.94. The number of hydrogen-bond acceptors (Lipinski definition) is 5. The van der Waals surface area contributed by atoms with Crippen molar-refractivity contribution < 1.29 is 19.0 Å². The molecule has 1 heterocycles. The van der Waals surface area contributed by atoms with Crippen LogP contribution in [-0.4, -0.2) is 58.4 Å². The van der Waals surface area contributed by atoms with E-state index >= 15 is 0 Å². The van der Waals surface area contributed by atoms with Gasteiger partial charge in [-0.25, -0.2) is 0 Å². The Kier molecular flexibility index (Phi) is 7.34. The van der Waals surface area contributed by atoms with Crippen LogP contribution in [0, 0.1) is 0 Å². The predicted molar refractivity (Wildman–Crippen MR) is 92.6 cm³/mol. The van der Waals surface area contributed by atoms with Crippen LogP contribution in [0.2, 0.25) is 0 Å². The monoisotopic (exact) mass is 336 g/mol. The topological polar surface area (TPSA) is 60.0 Å². The van der Waals surface area contributed by atoms with Crippen molar-refractivity contribution in [1.29, 1.82) is 0 Å². The van der Waals surface area contributed by atoms with E-state index in [1.165, 1.54) is 0 Å². The molecular formula is C18H28N2O4. The van der Waals surface area contributed by atoms with Crippen molar-refractivity contribution in [3.05, 3.63) is 23.8 Å². The third kappa shape index (κ3) is 4.85. The average molecular weight is 336 g/mol. The quantitative estimate of drug-likeness (QED) is 0.699. The average Bonchev–Trinajstić information content (AvgIpc) is 3.06. The molecule has 1 saturated heterocycles. The Morgan fingerprint density at radius 1 is 1.25 bits per heavy atom. The van der Waals surface area contributed by atoms with E-state index in [4.69, 9.17) is 14.2 Å². The molecule has 1 aliphatic rings. The van der Waals surface area contributed by atoms with E-state index in [-0.39, 0.29) is 11.9 Å². The van der Waals surface area contributed by atoms with Gasteiger partial charge in [-0.2, -0.15) is 0 Å². The van der Waals surface area contributed by atoms with Gasteiger partial charge in [-0.3, -0.25) is 9.69 Å². The fourth-order valence-electron chi connectivity index (χ4n) is 3.14. The fraction of sp³-hybridized carbons (Fsp3) is 0.611. The minimum Gasteiger partial charge on any atom is -0.493 e. The second kappa shape index (κ2) is 9.49. The first-order chi connectivity index (χ1) is 11.7. The highest BCUT2D eigenvalue weighted by atomic mass is 16.5. The van der Waals surface area contributed by atoms with Crippen LogP contribution in [-0.2, 0) is 9.53 Å². The summed E-state index contributed by atoms with van der Waals surface area (Å²) in [6, 6.07) is 6.24. The number of amides is 1. The summed E-state index contributed by atoms with van der Waals surface area (Å²) in [4.78, 5) is 14.4. The van der Waals surface area contributed by atoms with Crippen molar-refractivity contribution in [2.24, 2.45) is 0 Å². The Labute approximate surface area is 144 Å². The Hall–Kier alpha value is -1.79. The Morgan fingerprint density at radius 2 is 2.04 bits per heavy atom. The molecule has 1 N–H and O–H groups in total. The van der Waals surface area contributed by atoms with Crippen LogP contribution in [0.25, 0.3) is 0 Å². The van der Waals surface area contributed by atoms with Crippen molar-refractivity contribution in [2.45, 2.75) is 25.3 Å². The number of methoxy groups -OCH3 is 3. The van der Waals surface area contributed by atoms with Gasteiger partial charge in [0.15, 0.2) is 11.5 Å². The number of likely N-dealkylation sites (tertiary alicyclic amines) is 1. The number of carbonyl (C=O) groups excluding carboxylic acids is 1. The summed E-state index contributed by atoms with van der Waals surface area (Å²) < 4.78 is 15.7. The first-order valence-corrected chi connectivity index (χ1v) is 8.41. The van der Waals surface area contributed by atoms with E-state index < -0.39 is 0 Å². The molecule has 2 rings (SSSR count). The third-order valence-corrected chi connectivity index (χ3v) is 4.35. The maximum atomic E-state index is 12.1. The third-order valence-electron chi connectivity index (χ3n) is 4.35. The molecule has 0 radical (unpaired) electrons. The van der Waals surface area contributed by atoms with Crippen molar-refractivity contribution in [3.8, 4) is 11.5 Å². The van der Waals surface area contributed by atoms with E-state index in [0.29, 0.717) is 19.7 Å². The first-order valence-electron chi connectivity index (χ1n) is 8.41. The summed E-state index contributed by atoms with van der Waals surface area (Å²) in [5.41, 5.74) is 1.16. The van der Waals surface area contributed by atoms with Crippen molar-refractivity contribution in [3.63, 3.8) is 0 Å². The van der Waals surface area contributed by atoms with Crippen molar-refractivity contribution >= 4 is 5.91 Å². The molecule has 1 amide bonds. The smallest absolute Gasteiger partial charge is 0.234 e.